The third-order valence-corrected chi connectivity index (χ3v) is 3.30. The van der Waals surface area contributed by atoms with E-state index in [9.17, 15) is 24.5 Å². The molecule has 0 aliphatic carbocycles. The average Bonchev–Trinajstić information content (AvgIpc) is 2.66. The van der Waals surface area contributed by atoms with Crippen molar-refractivity contribution in [3.05, 3.63) is 63.3 Å². The number of nitrogens with one attached hydrogen (secondary N) is 2. The number of pyridine rings is 1. The molecule has 0 unspecified atom stereocenters. The van der Waals surface area contributed by atoms with Crippen molar-refractivity contribution in [2.75, 3.05) is 18.5 Å². The van der Waals surface area contributed by atoms with E-state index in [1.807, 2.05) is 0 Å². The van der Waals surface area contributed by atoms with Crippen molar-refractivity contribution in [3.63, 3.8) is 0 Å². The maximum atomic E-state index is 11.9. The highest BCUT2D eigenvalue weighted by molar-refractivity contribution is 6.30. The van der Waals surface area contributed by atoms with Crippen molar-refractivity contribution in [2.24, 2.45) is 0 Å². The third kappa shape index (κ3) is 6.36. The molecule has 2 amide bonds. The molecular formula is C16H13ClN4O6. The lowest BCUT2D eigenvalue weighted by Crippen LogP contribution is -2.32. The van der Waals surface area contributed by atoms with Gasteiger partial charge >= 0.3 is 5.97 Å². The van der Waals surface area contributed by atoms with Crippen LogP contribution in [0, 0.1) is 10.1 Å². The smallest absolute Gasteiger partial charge is 0.325 e. The summed E-state index contributed by atoms with van der Waals surface area (Å²) in [6.45, 7) is -1.08. The summed E-state index contributed by atoms with van der Waals surface area (Å²) < 4.78 is 4.72. The van der Waals surface area contributed by atoms with Crippen LogP contribution in [0.5, 0.6) is 0 Å². The second-order valence-corrected chi connectivity index (χ2v) is 5.50. The number of anilines is 1. The van der Waals surface area contributed by atoms with Crippen LogP contribution in [0.4, 0.5) is 11.5 Å². The number of nitro groups is 1. The predicted molar refractivity (Wildman–Crippen MR) is 94.3 cm³/mol. The number of ether oxygens (including phenoxy) is 1. The van der Waals surface area contributed by atoms with E-state index in [1.165, 1.54) is 36.5 Å². The lowest BCUT2D eigenvalue weighted by atomic mass is 10.2. The van der Waals surface area contributed by atoms with E-state index >= 15 is 0 Å². The summed E-state index contributed by atoms with van der Waals surface area (Å²) in [5.41, 5.74) is -0.235. The fourth-order valence-corrected chi connectivity index (χ4v) is 1.95. The number of carbonyl (C=O) groups is 3. The Hall–Kier alpha value is -3.53. The van der Waals surface area contributed by atoms with Crippen LogP contribution >= 0.6 is 11.6 Å². The van der Waals surface area contributed by atoms with Gasteiger partial charge < -0.3 is 15.4 Å². The Morgan fingerprint density at radius 3 is 2.67 bits per heavy atom. The lowest BCUT2D eigenvalue weighted by molar-refractivity contribution is -0.384. The summed E-state index contributed by atoms with van der Waals surface area (Å²) >= 11 is 5.67. The molecule has 0 spiro atoms. The molecule has 0 saturated heterocycles. The Balaban J connectivity index is 1.76. The fourth-order valence-electron chi connectivity index (χ4n) is 1.84. The zero-order valence-electron chi connectivity index (χ0n) is 13.7. The van der Waals surface area contributed by atoms with Crippen molar-refractivity contribution in [3.8, 4) is 0 Å². The summed E-state index contributed by atoms with van der Waals surface area (Å²) in [4.78, 5) is 49.0. The number of carbonyl (C=O) groups excluding carboxylic acids is 3. The van der Waals surface area contributed by atoms with Crippen LogP contribution in [0.3, 0.4) is 0 Å². The Morgan fingerprint density at radius 1 is 1.22 bits per heavy atom. The van der Waals surface area contributed by atoms with Gasteiger partial charge in [0.15, 0.2) is 6.61 Å². The molecule has 0 saturated carbocycles. The van der Waals surface area contributed by atoms with Gasteiger partial charge in [-0.25, -0.2) is 4.98 Å². The number of nitro benzene ring substituents is 1. The zero-order chi connectivity index (χ0) is 19.8. The molecule has 2 rings (SSSR count). The quantitative estimate of drug-likeness (QED) is 0.413. The molecule has 2 aromatic rings. The van der Waals surface area contributed by atoms with Crippen molar-refractivity contribution in [1.29, 1.82) is 0 Å². The van der Waals surface area contributed by atoms with Gasteiger partial charge in [0, 0.05) is 23.9 Å². The van der Waals surface area contributed by atoms with Crippen LogP contribution in [0.25, 0.3) is 0 Å². The number of benzene rings is 1. The maximum absolute atomic E-state index is 11.9. The second kappa shape index (κ2) is 9.25. The largest absolute Gasteiger partial charge is 0.454 e. The van der Waals surface area contributed by atoms with Crippen molar-refractivity contribution >= 4 is 40.9 Å². The number of non-ortho nitro benzene ring substituents is 1. The number of hydrogen-bond donors (Lipinski definition) is 2. The van der Waals surface area contributed by atoms with Gasteiger partial charge in [-0.1, -0.05) is 17.7 Å². The molecule has 0 bridgehead atoms. The van der Waals surface area contributed by atoms with Gasteiger partial charge in [0.2, 0.25) is 0 Å². The number of halogens is 1. The van der Waals surface area contributed by atoms with Crippen LogP contribution in [0.2, 0.25) is 5.02 Å². The molecule has 0 fully saturated rings. The van der Waals surface area contributed by atoms with Crippen LogP contribution in [-0.4, -0.2) is 40.8 Å². The number of aromatic nitrogens is 1. The summed E-state index contributed by atoms with van der Waals surface area (Å²) in [6.07, 6.45) is 1.34. The number of esters is 1. The van der Waals surface area contributed by atoms with E-state index in [-0.39, 0.29) is 17.1 Å². The minimum Gasteiger partial charge on any atom is -0.454 e. The summed E-state index contributed by atoms with van der Waals surface area (Å²) in [5.74, 6) is -1.93. The van der Waals surface area contributed by atoms with E-state index < -0.39 is 35.9 Å². The Kier molecular flexibility index (Phi) is 6.78. The number of rotatable bonds is 7. The van der Waals surface area contributed by atoms with Crippen molar-refractivity contribution in [2.45, 2.75) is 0 Å². The van der Waals surface area contributed by atoms with Crippen molar-refractivity contribution < 1.29 is 24.0 Å². The Bertz CT molecular complexity index is 871. The minimum absolute atomic E-state index is 0.0172. The van der Waals surface area contributed by atoms with Crippen molar-refractivity contribution in [1.82, 2.24) is 10.3 Å². The van der Waals surface area contributed by atoms with Crippen LogP contribution < -0.4 is 10.6 Å². The predicted octanol–water partition coefficient (Wildman–Crippen LogP) is 1.55. The molecule has 2 N–H and O–H groups in total. The fraction of sp³-hybridized carbons (Fsp3) is 0.125. The molecular weight excluding hydrogens is 380 g/mol. The van der Waals surface area contributed by atoms with Crippen LogP contribution in [-0.2, 0) is 14.3 Å². The number of amides is 2. The van der Waals surface area contributed by atoms with E-state index in [0.717, 1.165) is 6.07 Å². The van der Waals surface area contributed by atoms with Crippen LogP contribution in [0.1, 0.15) is 10.4 Å². The molecule has 0 atom stereocenters. The Labute approximate surface area is 157 Å². The van der Waals surface area contributed by atoms with Gasteiger partial charge in [-0.2, -0.15) is 0 Å². The molecule has 1 aromatic carbocycles. The van der Waals surface area contributed by atoms with Gasteiger partial charge in [0.1, 0.15) is 12.4 Å². The first-order valence-corrected chi connectivity index (χ1v) is 7.82. The van der Waals surface area contributed by atoms with Gasteiger partial charge in [0.25, 0.3) is 17.5 Å². The first kappa shape index (κ1) is 19.8. The van der Waals surface area contributed by atoms with E-state index in [4.69, 9.17) is 16.3 Å². The highest BCUT2D eigenvalue weighted by atomic mass is 35.5. The molecule has 11 heteroatoms. The molecule has 0 aliphatic heterocycles. The molecule has 140 valence electrons. The molecule has 27 heavy (non-hydrogen) atoms. The van der Waals surface area contributed by atoms with E-state index in [1.54, 1.807) is 0 Å². The average molecular weight is 393 g/mol. The molecule has 0 aliphatic rings. The SMILES string of the molecule is O=C(COC(=O)CNC(=O)c1cccc([N+](=O)[O-])c1)Nc1ccc(Cl)cn1. The second-order valence-electron chi connectivity index (χ2n) is 5.06. The normalized spacial score (nSPS) is 9.96. The summed E-state index contributed by atoms with van der Waals surface area (Å²) in [7, 11) is 0. The zero-order valence-corrected chi connectivity index (χ0v) is 14.4. The number of nitrogens with zero attached hydrogens (tertiary/aromatic N) is 2. The molecule has 1 heterocycles. The topological polar surface area (TPSA) is 141 Å². The highest BCUT2D eigenvalue weighted by Crippen LogP contribution is 2.13. The molecule has 1 aromatic heterocycles. The van der Waals surface area contributed by atoms with Gasteiger partial charge in [0.05, 0.1) is 9.95 Å². The summed E-state index contributed by atoms with van der Waals surface area (Å²) in [6, 6.07) is 8.02. The molecule has 0 radical (unpaired) electrons. The van der Waals surface area contributed by atoms with Gasteiger partial charge in [-0.3, -0.25) is 24.5 Å². The van der Waals surface area contributed by atoms with Gasteiger partial charge in [-0.15, -0.1) is 0 Å². The van der Waals surface area contributed by atoms with E-state index in [2.05, 4.69) is 15.6 Å². The third-order valence-electron chi connectivity index (χ3n) is 3.07. The van der Waals surface area contributed by atoms with Crippen LogP contribution in [0.15, 0.2) is 42.6 Å². The number of hydrogen-bond acceptors (Lipinski definition) is 7. The first-order chi connectivity index (χ1) is 12.8. The lowest BCUT2D eigenvalue weighted by Gasteiger charge is -2.07. The summed E-state index contributed by atoms with van der Waals surface area (Å²) in [5, 5.41) is 15.7. The maximum Gasteiger partial charge on any atom is 0.325 e. The van der Waals surface area contributed by atoms with Gasteiger partial charge in [-0.05, 0) is 18.2 Å². The minimum atomic E-state index is -0.854. The highest BCUT2D eigenvalue weighted by Gasteiger charge is 2.14. The monoisotopic (exact) mass is 392 g/mol. The standard InChI is InChI=1S/C16H13ClN4O6/c17-11-4-5-13(18-7-11)20-14(22)9-27-15(23)8-19-16(24)10-2-1-3-12(6-10)21(25)26/h1-7H,8-9H2,(H,19,24)(H,18,20,22). The van der Waals surface area contributed by atoms with E-state index in [0.29, 0.717) is 5.02 Å². The Morgan fingerprint density at radius 2 is 2.00 bits per heavy atom. The molecule has 10 nitrogen and oxygen atoms in total. The first-order valence-electron chi connectivity index (χ1n) is 7.45.